The highest BCUT2D eigenvalue weighted by molar-refractivity contribution is 5.85. The summed E-state index contributed by atoms with van der Waals surface area (Å²) >= 11 is 0. The number of rotatable bonds is 16. The van der Waals surface area contributed by atoms with Crippen molar-refractivity contribution >= 4 is 18.4 Å². The van der Waals surface area contributed by atoms with Gasteiger partial charge in [-0.15, -0.1) is 12.4 Å². The molecule has 4 nitrogen and oxygen atoms in total. The van der Waals surface area contributed by atoms with E-state index in [0.29, 0.717) is 18.9 Å². The lowest BCUT2D eigenvalue weighted by molar-refractivity contribution is -0.144. The molecule has 1 fully saturated rings. The van der Waals surface area contributed by atoms with Gasteiger partial charge in [-0.2, -0.15) is 0 Å². The molecule has 1 saturated heterocycles. The van der Waals surface area contributed by atoms with Crippen LogP contribution in [-0.4, -0.2) is 25.2 Å². The van der Waals surface area contributed by atoms with Crippen LogP contribution in [0, 0.1) is 0 Å². The van der Waals surface area contributed by atoms with Crippen molar-refractivity contribution in [2.24, 2.45) is 0 Å². The minimum Gasteiger partial charge on any atom is -0.464 e. The molecule has 0 spiro atoms. The Morgan fingerprint density at radius 2 is 1.32 bits per heavy atom. The van der Waals surface area contributed by atoms with Crippen LogP contribution in [0.1, 0.15) is 120 Å². The van der Waals surface area contributed by atoms with Crippen molar-refractivity contribution in [3.05, 3.63) is 59.7 Å². The van der Waals surface area contributed by atoms with Crippen LogP contribution in [0.4, 0.5) is 0 Å². The molecule has 3 atom stereocenters. The Labute approximate surface area is 236 Å². The van der Waals surface area contributed by atoms with Gasteiger partial charge in [-0.3, -0.25) is 4.79 Å². The predicted octanol–water partition coefficient (Wildman–Crippen LogP) is 9.08. The number of fused-ring (bicyclic) bond motifs is 5. The molecule has 38 heavy (non-hydrogen) atoms. The minimum atomic E-state index is -0.0631. The summed E-state index contributed by atoms with van der Waals surface area (Å²) in [6.45, 7) is 3.55. The van der Waals surface area contributed by atoms with Crippen molar-refractivity contribution in [1.82, 2.24) is 5.32 Å². The summed E-state index contributed by atoms with van der Waals surface area (Å²) in [6.07, 6.45) is 17.6. The van der Waals surface area contributed by atoms with Crippen LogP contribution in [0.3, 0.4) is 0 Å². The first kappa shape index (κ1) is 30.5. The highest BCUT2D eigenvalue weighted by atomic mass is 35.5. The number of nitrogens with one attached hydrogen (secondary N) is 1. The molecule has 2 aliphatic heterocycles. The molecule has 1 N–H and O–H groups in total. The van der Waals surface area contributed by atoms with Crippen LogP contribution < -0.4 is 10.1 Å². The minimum absolute atomic E-state index is 0. The number of hydrogen-bond acceptors (Lipinski definition) is 4. The highest BCUT2D eigenvalue weighted by Crippen LogP contribution is 2.49. The van der Waals surface area contributed by atoms with Crippen LogP contribution in [0.2, 0.25) is 0 Å². The third-order valence-electron chi connectivity index (χ3n) is 8.19. The van der Waals surface area contributed by atoms with E-state index >= 15 is 0 Å². The molecule has 0 amide bonds. The number of carbonyl (C=O) groups excluding carboxylic acids is 1. The van der Waals surface area contributed by atoms with Gasteiger partial charge < -0.3 is 14.8 Å². The van der Waals surface area contributed by atoms with E-state index in [-0.39, 0.29) is 30.3 Å². The van der Waals surface area contributed by atoms with Crippen LogP contribution in [-0.2, 0) is 9.53 Å². The van der Waals surface area contributed by atoms with Gasteiger partial charge in [-0.25, -0.2) is 0 Å². The van der Waals surface area contributed by atoms with E-state index < -0.39 is 0 Å². The first-order chi connectivity index (χ1) is 18.3. The largest absolute Gasteiger partial charge is 0.464 e. The SMILES string of the molecule is CCCCCCCCCCCCCCCC(=O)OCC1NCC2c3ccccc3Oc3ccccc3C12.Cl. The molecule has 4 rings (SSSR count). The topological polar surface area (TPSA) is 47.6 Å². The molecule has 0 bridgehead atoms. The third-order valence-corrected chi connectivity index (χ3v) is 8.19. The molecule has 2 aliphatic rings. The summed E-state index contributed by atoms with van der Waals surface area (Å²) < 4.78 is 12.1. The van der Waals surface area contributed by atoms with Crippen LogP contribution in [0.5, 0.6) is 11.5 Å². The average molecular weight is 542 g/mol. The summed E-state index contributed by atoms with van der Waals surface area (Å²) in [6, 6.07) is 16.7. The molecule has 2 aromatic rings. The lowest BCUT2D eigenvalue weighted by atomic mass is 9.80. The van der Waals surface area contributed by atoms with E-state index in [1.807, 2.05) is 18.2 Å². The van der Waals surface area contributed by atoms with Gasteiger partial charge >= 0.3 is 5.97 Å². The Kier molecular flexibility index (Phi) is 13.5. The molecule has 5 heteroatoms. The normalized spacial score (nSPS) is 19.3. The van der Waals surface area contributed by atoms with E-state index in [1.165, 1.54) is 81.8 Å². The number of halogens is 1. The number of para-hydroxylation sites is 2. The van der Waals surface area contributed by atoms with Gasteiger partial charge in [0.15, 0.2) is 0 Å². The van der Waals surface area contributed by atoms with E-state index in [4.69, 9.17) is 9.47 Å². The predicted molar refractivity (Wildman–Crippen MR) is 159 cm³/mol. The smallest absolute Gasteiger partial charge is 0.305 e. The molecule has 0 aromatic heterocycles. The lowest BCUT2D eigenvalue weighted by Crippen LogP contribution is -2.32. The van der Waals surface area contributed by atoms with E-state index in [9.17, 15) is 4.79 Å². The van der Waals surface area contributed by atoms with Gasteiger partial charge in [-0.1, -0.05) is 120 Å². The molecule has 0 saturated carbocycles. The zero-order chi connectivity index (χ0) is 25.7. The molecule has 210 valence electrons. The quantitative estimate of drug-likeness (QED) is 0.170. The fourth-order valence-corrected chi connectivity index (χ4v) is 6.10. The Bertz CT molecular complexity index is 965. The maximum absolute atomic E-state index is 12.5. The first-order valence-electron chi connectivity index (χ1n) is 15.0. The zero-order valence-electron chi connectivity index (χ0n) is 23.3. The summed E-state index contributed by atoms with van der Waals surface area (Å²) in [5.74, 6) is 2.32. The van der Waals surface area contributed by atoms with Gasteiger partial charge in [0.25, 0.3) is 0 Å². The molecular weight excluding hydrogens is 494 g/mol. The molecule has 3 unspecified atom stereocenters. The third kappa shape index (κ3) is 8.74. The first-order valence-corrected chi connectivity index (χ1v) is 15.0. The van der Waals surface area contributed by atoms with Gasteiger partial charge in [0.1, 0.15) is 18.1 Å². The Morgan fingerprint density at radius 3 is 1.95 bits per heavy atom. The number of esters is 1. The maximum Gasteiger partial charge on any atom is 0.305 e. The Balaban J connectivity index is 0.00000400. The van der Waals surface area contributed by atoms with Crippen LogP contribution in [0.15, 0.2) is 48.5 Å². The van der Waals surface area contributed by atoms with Crippen LogP contribution in [0.25, 0.3) is 0 Å². The van der Waals surface area contributed by atoms with Crippen molar-refractivity contribution in [3.8, 4) is 11.5 Å². The van der Waals surface area contributed by atoms with Gasteiger partial charge in [-0.05, 0) is 24.1 Å². The van der Waals surface area contributed by atoms with Gasteiger partial charge in [0, 0.05) is 36.4 Å². The summed E-state index contributed by atoms with van der Waals surface area (Å²) in [5.41, 5.74) is 2.43. The fourth-order valence-electron chi connectivity index (χ4n) is 6.10. The second-order valence-electron chi connectivity index (χ2n) is 11.0. The summed E-state index contributed by atoms with van der Waals surface area (Å²) in [5, 5.41) is 3.65. The van der Waals surface area contributed by atoms with Gasteiger partial charge in [0.2, 0.25) is 0 Å². The number of ether oxygens (including phenoxy) is 2. The fraction of sp³-hybridized carbons (Fsp3) is 0.606. The number of carbonyl (C=O) groups is 1. The average Bonchev–Trinajstić information content (AvgIpc) is 3.28. The van der Waals surface area contributed by atoms with E-state index in [0.717, 1.165) is 30.9 Å². The van der Waals surface area contributed by atoms with Crippen molar-refractivity contribution < 1.29 is 14.3 Å². The molecule has 2 heterocycles. The lowest BCUT2D eigenvalue weighted by Gasteiger charge is -2.23. The monoisotopic (exact) mass is 541 g/mol. The molecule has 0 aliphatic carbocycles. The van der Waals surface area contributed by atoms with E-state index in [2.05, 4.69) is 42.6 Å². The van der Waals surface area contributed by atoms with Gasteiger partial charge in [0.05, 0.1) is 0 Å². The van der Waals surface area contributed by atoms with E-state index in [1.54, 1.807) is 0 Å². The van der Waals surface area contributed by atoms with Crippen molar-refractivity contribution in [1.29, 1.82) is 0 Å². The maximum atomic E-state index is 12.5. The summed E-state index contributed by atoms with van der Waals surface area (Å²) in [7, 11) is 0. The summed E-state index contributed by atoms with van der Waals surface area (Å²) in [4.78, 5) is 12.5. The standard InChI is InChI=1S/C33H47NO3.ClH/c1-2-3-4-5-6-7-8-9-10-11-12-13-14-23-32(35)36-25-29-33-27-20-16-18-22-31(27)37-30-21-17-15-19-26(30)28(33)24-34-29;/h15-22,28-29,33-34H,2-14,23-25H2,1H3;1H. The zero-order valence-corrected chi connectivity index (χ0v) is 24.1. The molecule has 0 radical (unpaired) electrons. The molecular formula is C33H48ClNO3. The number of unbranched alkanes of at least 4 members (excludes halogenated alkanes) is 12. The van der Waals surface area contributed by atoms with Crippen molar-refractivity contribution in [2.75, 3.05) is 13.2 Å². The van der Waals surface area contributed by atoms with Crippen LogP contribution >= 0.6 is 12.4 Å². The van der Waals surface area contributed by atoms with Crippen molar-refractivity contribution in [2.45, 2.75) is 115 Å². The second-order valence-corrected chi connectivity index (χ2v) is 11.0. The Morgan fingerprint density at radius 1 is 0.789 bits per heavy atom. The highest BCUT2D eigenvalue weighted by Gasteiger charge is 2.42. The number of hydrogen-bond donors (Lipinski definition) is 1. The number of benzene rings is 2. The molecule has 2 aromatic carbocycles. The van der Waals surface area contributed by atoms with Crippen molar-refractivity contribution in [3.63, 3.8) is 0 Å². The Hall–Kier alpha value is -2.04. The second kappa shape index (κ2) is 16.8.